The summed E-state index contributed by atoms with van der Waals surface area (Å²) in [5.74, 6) is -0.562. The first-order chi connectivity index (χ1) is 10.2. The van der Waals surface area contributed by atoms with E-state index >= 15 is 0 Å². The second kappa shape index (κ2) is 7.04. The summed E-state index contributed by atoms with van der Waals surface area (Å²) in [5.41, 5.74) is 1.55. The minimum absolute atomic E-state index is 0.0945. The van der Waals surface area contributed by atoms with Gasteiger partial charge in [-0.25, -0.2) is 4.79 Å². The van der Waals surface area contributed by atoms with Crippen LogP contribution in [0, 0.1) is 4.91 Å². The zero-order valence-corrected chi connectivity index (χ0v) is 12.6. The van der Waals surface area contributed by atoms with Gasteiger partial charge in [0.15, 0.2) is 0 Å². The van der Waals surface area contributed by atoms with Crippen LogP contribution in [0.25, 0.3) is 0 Å². The van der Waals surface area contributed by atoms with Crippen LogP contribution in [0.1, 0.15) is 22.8 Å². The molecule has 21 heavy (non-hydrogen) atoms. The van der Waals surface area contributed by atoms with Crippen LogP contribution < -0.4 is 0 Å². The van der Waals surface area contributed by atoms with Crippen molar-refractivity contribution in [1.82, 2.24) is 0 Å². The SMILES string of the molecule is CCc1ccc(Sc2ccc(C(=O)OC)c(N=O)c2)cc1. The molecule has 2 aromatic carbocycles. The van der Waals surface area contributed by atoms with Gasteiger partial charge in [0.25, 0.3) is 0 Å². The smallest absolute Gasteiger partial charge is 0.340 e. The van der Waals surface area contributed by atoms with E-state index in [9.17, 15) is 9.70 Å². The third kappa shape index (κ3) is 3.70. The molecule has 0 aromatic heterocycles. The summed E-state index contributed by atoms with van der Waals surface area (Å²) in [6, 6.07) is 13.1. The molecule has 0 unspecified atom stereocenters. The molecule has 0 heterocycles. The maximum Gasteiger partial charge on any atom is 0.340 e. The molecule has 0 bridgehead atoms. The highest BCUT2D eigenvalue weighted by Gasteiger charge is 2.13. The molecule has 0 N–H and O–H groups in total. The Labute approximate surface area is 127 Å². The number of aryl methyl sites for hydroxylation is 1. The molecule has 0 spiro atoms. The minimum Gasteiger partial charge on any atom is -0.465 e. The maximum atomic E-state index is 11.5. The van der Waals surface area contributed by atoms with Crippen LogP contribution in [-0.4, -0.2) is 13.1 Å². The van der Waals surface area contributed by atoms with Crippen molar-refractivity contribution in [2.45, 2.75) is 23.1 Å². The van der Waals surface area contributed by atoms with Crippen LogP contribution >= 0.6 is 11.8 Å². The summed E-state index contributed by atoms with van der Waals surface area (Å²) >= 11 is 1.51. The van der Waals surface area contributed by atoms with Crippen molar-refractivity contribution in [3.63, 3.8) is 0 Å². The fourth-order valence-electron chi connectivity index (χ4n) is 1.86. The van der Waals surface area contributed by atoms with Crippen molar-refractivity contribution in [3.05, 3.63) is 58.5 Å². The first-order valence-corrected chi connectivity index (χ1v) is 7.32. The van der Waals surface area contributed by atoms with E-state index in [1.165, 1.54) is 24.4 Å². The van der Waals surface area contributed by atoms with Gasteiger partial charge in [0.1, 0.15) is 5.69 Å². The predicted molar refractivity (Wildman–Crippen MR) is 83.2 cm³/mol. The maximum absolute atomic E-state index is 11.5. The van der Waals surface area contributed by atoms with Crippen LogP contribution in [0.2, 0.25) is 0 Å². The molecule has 0 saturated carbocycles. The molecular formula is C16H15NO3S. The molecule has 0 aliphatic rings. The van der Waals surface area contributed by atoms with E-state index in [1.54, 1.807) is 18.2 Å². The van der Waals surface area contributed by atoms with Gasteiger partial charge in [-0.1, -0.05) is 30.8 Å². The second-order valence-electron chi connectivity index (χ2n) is 4.36. The zero-order chi connectivity index (χ0) is 15.2. The Morgan fingerprint density at radius 2 is 1.81 bits per heavy atom. The Balaban J connectivity index is 2.24. The van der Waals surface area contributed by atoms with Gasteiger partial charge in [-0.05, 0) is 47.5 Å². The molecule has 2 aromatic rings. The number of hydrogen-bond acceptors (Lipinski definition) is 5. The first kappa shape index (κ1) is 15.3. The highest BCUT2D eigenvalue weighted by molar-refractivity contribution is 7.99. The summed E-state index contributed by atoms with van der Waals surface area (Å²) < 4.78 is 4.62. The molecule has 4 nitrogen and oxygen atoms in total. The van der Waals surface area contributed by atoms with Crippen molar-refractivity contribution < 1.29 is 9.53 Å². The van der Waals surface area contributed by atoms with E-state index in [0.717, 1.165) is 16.2 Å². The lowest BCUT2D eigenvalue weighted by Gasteiger charge is -2.06. The summed E-state index contributed by atoms with van der Waals surface area (Å²) in [7, 11) is 1.27. The number of ether oxygens (including phenoxy) is 1. The standard InChI is InChI=1S/C16H15NO3S/c1-3-11-4-6-12(7-5-11)21-13-8-9-14(16(18)20-2)15(10-13)17-19/h4-10H,3H2,1-2H3. The normalized spacial score (nSPS) is 10.2. The molecule has 5 heteroatoms. The predicted octanol–water partition coefficient (Wildman–Crippen LogP) is 4.58. The molecule has 2 rings (SSSR count). The molecule has 0 saturated heterocycles. The fraction of sp³-hybridized carbons (Fsp3) is 0.188. The van der Waals surface area contributed by atoms with E-state index in [1.807, 2.05) is 12.1 Å². The molecule has 0 atom stereocenters. The molecule has 0 aliphatic heterocycles. The van der Waals surface area contributed by atoms with Crippen LogP contribution in [0.15, 0.2) is 57.4 Å². The monoisotopic (exact) mass is 301 g/mol. The summed E-state index contributed by atoms with van der Waals surface area (Å²) in [4.78, 5) is 24.3. The number of methoxy groups -OCH3 is 1. The van der Waals surface area contributed by atoms with Crippen molar-refractivity contribution >= 4 is 23.4 Å². The highest BCUT2D eigenvalue weighted by atomic mass is 32.2. The van der Waals surface area contributed by atoms with Gasteiger partial charge in [-0.2, -0.15) is 0 Å². The molecule has 108 valence electrons. The average molecular weight is 301 g/mol. The Morgan fingerprint density at radius 3 is 2.38 bits per heavy atom. The van der Waals surface area contributed by atoms with Crippen LogP contribution in [0.3, 0.4) is 0 Å². The Hall–Kier alpha value is -2.14. The van der Waals surface area contributed by atoms with Gasteiger partial charge in [0.2, 0.25) is 0 Å². The summed E-state index contributed by atoms with van der Waals surface area (Å²) in [6.45, 7) is 2.11. The molecular weight excluding hydrogens is 286 g/mol. The van der Waals surface area contributed by atoms with E-state index in [0.29, 0.717) is 0 Å². The third-order valence-electron chi connectivity index (χ3n) is 3.04. The minimum atomic E-state index is -0.562. The highest BCUT2D eigenvalue weighted by Crippen LogP contribution is 2.32. The second-order valence-corrected chi connectivity index (χ2v) is 5.51. The van der Waals surface area contributed by atoms with Crippen LogP contribution in [0.4, 0.5) is 5.69 Å². The van der Waals surface area contributed by atoms with E-state index < -0.39 is 5.97 Å². The van der Waals surface area contributed by atoms with E-state index in [4.69, 9.17) is 0 Å². The quantitative estimate of drug-likeness (QED) is 0.599. The lowest BCUT2D eigenvalue weighted by Crippen LogP contribution is -2.01. The number of esters is 1. The Morgan fingerprint density at radius 1 is 1.14 bits per heavy atom. The van der Waals surface area contributed by atoms with E-state index in [-0.39, 0.29) is 11.3 Å². The molecule has 0 amide bonds. The largest absolute Gasteiger partial charge is 0.465 e. The lowest BCUT2D eigenvalue weighted by atomic mass is 10.2. The third-order valence-corrected chi connectivity index (χ3v) is 4.04. The van der Waals surface area contributed by atoms with Crippen molar-refractivity contribution in [3.8, 4) is 0 Å². The van der Waals surface area contributed by atoms with Gasteiger partial charge in [-0.3, -0.25) is 0 Å². The van der Waals surface area contributed by atoms with Gasteiger partial charge >= 0.3 is 5.97 Å². The van der Waals surface area contributed by atoms with Gasteiger partial charge in [0.05, 0.1) is 12.7 Å². The lowest BCUT2D eigenvalue weighted by molar-refractivity contribution is 0.0601. The summed E-state index contributed by atoms with van der Waals surface area (Å²) in [6.07, 6.45) is 0.998. The molecule has 0 radical (unpaired) electrons. The average Bonchev–Trinajstić information content (AvgIpc) is 2.54. The van der Waals surface area contributed by atoms with Crippen LogP contribution in [-0.2, 0) is 11.2 Å². The summed E-state index contributed by atoms with van der Waals surface area (Å²) in [5, 5.41) is 2.91. The number of rotatable bonds is 5. The zero-order valence-electron chi connectivity index (χ0n) is 11.8. The van der Waals surface area contributed by atoms with Crippen LogP contribution in [0.5, 0.6) is 0 Å². The Kier molecular flexibility index (Phi) is 5.11. The number of carbonyl (C=O) groups is 1. The number of nitroso groups, excluding NO2 is 1. The topological polar surface area (TPSA) is 55.7 Å². The van der Waals surface area contributed by atoms with Crippen molar-refractivity contribution in [2.75, 3.05) is 7.11 Å². The van der Waals surface area contributed by atoms with Crippen molar-refractivity contribution in [2.24, 2.45) is 5.18 Å². The van der Waals surface area contributed by atoms with Gasteiger partial charge in [0, 0.05) is 9.79 Å². The number of carbonyl (C=O) groups excluding carboxylic acids is 1. The number of nitrogens with zero attached hydrogens (tertiary/aromatic N) is 1. The fourth-order valence-corrected chi connectivity index (χ4v) is 2.71. The molecule has 0 aliphatic carbocycles. The van der Waals surface area contributed by atoms with E-state index in [2.05, 4.69) is 29.0 Å². The van der Waals surface area contributed by atoms with Gasteiger partial charge < -0.3 is 4.74 Å². The molecule has 0 fully saturated rings. The number of benzene rings is 2. The number of hydrogen-bond donors (Lipinski definition) is 0. The van der Waals surface area contributed by atoms with Crippen molar-refractivity contribution in [1.29, 1.82) is 0 Å². The first-order valence-electron chi connectivity index (χ1n) is 6.50. The Bertz CT molecular complexity index is 653. The van der Waals surface area contributed by atoms with Gasteiger partial charge in [-0.15, -0.1) is 4.91 Å².